The van der Waals surface area contributed by atoms with Crippen LogP contribution in [0.5, 0.6) is 0 Å². The third kappa shape index (κ3) is 7.34. The van der Waals surface area contributed by atoms with E-state index in [4.69, 9.17) is 9.15 Å². The van der Waals surface area contributed by atoms with E-state index in [0.29, 0.717) is 6.54 Å². The predicted molar refractivity (Wildman–Crippen MR) is 92.8 cm³/mol. The van der Waals surface area contributed by atoms with Crippen LogP contribution in [0, 0.1) is 0 Å². The molecule has 6 heteroatoms. The zero-order valence-electron chi connectivity index (χ0n) is 14.0. The highest BCUT2D eigenvalue weighted by atomic mass is 16.5. The first-order valence-corrected chi connectivity index (χ1v) is 8.23. The second kappa shape index (κ2) is 10.1. The highest BCUT2D eigenvalue weighted by molar-refractivity contribution is 5.79. The van der Waals surface area contributed by atoms with Gasteiger partial charge in [-0.1, -0.05) is 12.2 Å². The lowest BCUT2D eigenvalue weighted by Gasteiger charge is -2.26. The summed E-state index contributed by atoms with van der Waals surface area (Å²) < 4.78 is 10.7. The van der Waals surface area contributed by atoms with Crippen LogP contribution in [0.15, 0.2) is 40.0 Å². The van der Waals surface area contributed by atoms with Crippen LogP contribution < -0.4 is 10.6 Å². The molecule has 128 valence electrons. The van der Waals surface area contributed by atoms with Gasteiger partial charge in [-0.05, 0) is 19.1 Å². The van der Waals surface area contributed by atoms with E-state index in [1.807, 2.05) is 19.1 Å². The molecule has 23 heavy (non-hydrogen) atoms. The molecule has 0 aromatic carbocycles. The summed E-state index contributed by atoms with van der Waals surface area (Å²) in [4.78, 5) is 6.94. The number of hydrogen-bond donors (Lipinski definition) is 2. The van der Waals surface area contributed by atoms with E-state index in [2.05, 4.69) is 27.1 Å². The number of ether oxygens (including phenoxy) is 1. The summed E-state index contributed by atoms with van der Waals surface area (Å²) in [6.45, 7) is 12.8. The van der Waals surface area contributed by atoms with E-state index in [1.54, 1.807) is 6.26 Å². The molecule has 2 heterocycles. The van der Waals surface area contributed by atoms with Crippen LogP contribution in [-0.2, 0) is 11.2 Å². The molecule has 2 N–H and O–H groups in total. The third-order valence-corrected chi connectivity index (χ3v) is 3.58. The van der Waals surface area contributed by atoms with Gasteiger partial charge in [0.05, 0.1) is 26.0 Å². The van der Waals surface area contributed by atoms with Crippen molar-refractivity contribution in [2.24, 2.45) is 4.99 Å². The molecule has 0 atom stereocenters. The number of guanidine groups is 1. The van der Waals surface area contributed by atoms with E-state index in [9.17, 15) is 0 Å². The molecule has 0 bridgehead atoms. The van der Waals surface area contributed by atoms with Gasteiger partial charge in [-0.3, -0.25) is 4.90 Å². The molecular formula is C17H28N4O2. The molecule has 1 aromatic rings. The van der Waals surface area contributed by atoms with Crippen LogP contribution in [0.1, 0.15) is 12.7 Å². The van der Waals surface area contributed by atoms with Crippen LogP contribution in [-0.4, -0.2) is 63.3 Å². The smallest absolute Gasteiger partial charge is 0.191 e. The van der Waals surface area contributed by atoms with Crippen molar-refractivity contribution in [1.29, 1.82) is 0 Å². The van der Waals surface area contributed by atoms with E-state index in [-0.39, 0.29) is 0 Å². The Hall–Kier alpha value is -1.79. The van der Waals surface area contributed by atoms with E-state index in [0.717, 1.165) is 69.7 Å². The maximum Gasteiger partial charge on any atom is 0.191 e. The third-order valence-electron chi connectivity index (χ3n) is 3.58. The average molecular weight is 320 g/mol. The summed E-state index contributed by atoms with van der Waals surface area (Å²) in [6, 6.07) is 3.89. The summed E-state index contributed by atoms with van der Waals surface area (Å²) in [6.07, 6.45) is 2.54. The Morgan fingerprint density at radius 1 is 1.30 bits per heavy atom. The van der Waals surface area contributed by atoms with Gasteiger partial charge in [0.1, 0.15) is 5.76 Å². The number of nitrogens with zero attached hydrogens (tertiary/aromatic N) is 2. The number of furan rings is 1. The molecule has 6 nitrogen and oxygen atoms in total. The minimum Gasteiger partial charge on any atom is -0.469 e. The topological polar surface area (TPSA) is 62.0 Å². The van der Waals surface area contributed by atoms with Crippen LogP contribution in [0.4, 0.5) is 0 Å². The Morgan fingerprint density at radius 3 is 2.78 bits per heavy atom. The maximum absolute atomic E-state index is 5.36. The summed E-state index contributed by atoms with van der Waals surface area (Å²) in [5.74, 6) is 1.80. The molecule has 0 unspecified atom stereocenters. The maximum atomic E-state index is 5.36. The van der Waals surface area contributed by atoms with E-state index < -0.39 is 0 Å². The van der Waals surface area contributed by atoms with Crippen molar-refractivity contribution >= 4 is 5.96 Å². The molecular weight excluding hydrogens is 292 g/mol. The zero-order valence-corrected chi connectivity index (χ0v) is 14.0. The first kappa shape index (κ1) is 17.6. The monoisotopic (exact) mass is 320 g/mol. The van der Waals surface area contributed by atoms with Gasteiger partial charge in [0, 0.05) is 39.1 Å². The van der Waals surface area contributed by atoms with Crippen molar-refractivity contribution in [2.45, 2.75) is 13.3 Å². The second-order valence-corrected chi connectivity index (χ2v) is 5.76. The van der Waals surface area contributed by atoms with E-state index >= 15 is 0 Å². The quantitative estimate of drug-likeness (QED) is 0.429. The fourth-order valence-corrected chi connectivity index (χ4v) is 2.30. The lowest BCUT2D eigenvalue weighted by molar-refractivity contribution is 0.0389. The summed E-state index contributed by atoms with van der Waals surface area (Å²) in [5, 5.41) is 6.73. The van der Waals surface area contributed by atoms with Crippen LogP contribution in [0.3, 0.4) is 0 Å². The predicted octanol–water partition coefficient (Wildman–Crippen LogP) is 1.27. The van der Waals surface area contributed by atoms with Crippen molar-refractivity contribution < 1.29 is 9.15 Å². The lowest BCUT2D eigenvalue weighted by atomic mass is 10.3. The van der Waals surface area contributed by atoms with Gasteiger partial charge < -0.3 is 19.8 Å². The van der Waals surface area contributed by atoms with Crippen molar-refractivity contribution in [3.8, 4) is 0 Å². The van der Waals surface area contributed by atoms with Gasteiger partial charge >= 0.3 is 0 Å². The molecule has 0 radical (unpaired) electrons. The van der Waals surface area contributed by atoms with Gasteiger partial charge in [0.25, 0.3) is 0 Å². The Balaban J connectivity index is 1.71. The SMILES string of the molecule is C=C(C)CN=C(NCCc1ccco1)NCCN1CCOCC1. The summed E-state index contributed by atoms with van der Waals surface area (Å²) >= 11 is 0. The first-order chi connectivity index (χ1) is 11.2. The first-order valence-electron chi connectivity index (χ1n) is 8.23. The van der Waals surface area contributed by atoms with Gasteiger partial charge in [0.15, 0.2) is 5.96 Å². The standard InChI is InChI=1S/C17H28N4O2/c1-15(2)14-20-17(18-6-5-16-4-3-11-23-16)19-7-8-21-9-12-22-13-10-21/h3-4,11H,1,5-10,12-14H2,2H3,(H2,18,19,20). The largest absolute Gasteiger partial charge is 0.469 e. The van der Waals surface area contributed by atoms with Crippen LogP contribution in [0.2, 0.25) is 0 Å². The Kier molecular flexibility index (Phi) is 7.69. The van der Waals surface area contributed by atoms with Crippen molar-refractivity contribution in [2.75, 3.05) is 52.5 Å². The Bertz CT molecular complexity index is 479. The lowest BCUT2D eigenvalue weighted by Crippen LogP contribution is -2.44. The number of rotatable bonds is 8. The molecule has 1 aromatic heterocycles. The molecule has 1 aliphatic rings. The normalized spacial score (nSPS) is 16.3. The molecule has 1 saturated heterocycles. The average Bonchev–Trinajstić information content (AvgIpc) is 3.06. The fraction of sp³-hybridized carbons (Fsp3) is 0.588. The van der Waals surface area contributed by atoms with Crippen molar-refractivity contribution in [3.05, 3.63) is 36.3 Å². The second-order valence-electron chi connectivity index (χ2n) is 5.76. The number of hydrogen-bond acceptors (Lipinski definition) is 4. The zero-order chi connectivity index (χ0) is 16.3. The van der Waals surface area contributed by atoms with Gasteiger partial charge in [-0.2, -0.15) is 0 Å². The molecule has 0 aliphatic carbocycles. The number of morpholine rings is 1. The summed E-state index contributed by atoms with van der Waals surface area (Å²) in [7, 11) is 0. The molecule has 0 spiro atoms. The van der Waals surface area contributed by atoms with Gasteiger partial charge in [0.2, 0.25) is 0 Å². The van der Waals surface area contributed by atoms with Crippen LogP contribution >= 0.6 is 0 Å². The fourth-order valence-electron chi connectivity index (χ4n) is 2.30. The molecule has 0 amide bonds. The Morgan fingerprint density at radius 2 is 2.09 bits per heavy atom. The highest BCUT2D eigenvalue weighted by Gasteiger charge is 2.09. The van der Waals surface area contributed by atoms with Crippen molar-refractivity contribution in [3.63, 3.8) is 0 Å². The Labute approximate surface area is 138 Å². The van der Waals surface area contributed by atoms with Gasteiger partial charge in [-0.25, -0.2) is 4.99 Å². The minimum absolute atomic E-state index is 0.633. The number of nitrogens with one attached hydrogen (secondary N) is 2. The number of aliphatic imine (C=N–C) groups is 1. The molecule has 1 aliphatic heterocycles. The van der Waals surface area contributed by atoms with Crippen LogP contribution in [0.25, 0.3) is 0 Å². The minimum atomic E-state index is 0.633. The highest BCUT2D eigenvalue weighted by Crippen LogP contribution is 1.99. The molecule has 0 saturated carbocycles. The molecule has 1 fully saturated rings. The molecule has 2 rings (SSSR count). The van der Waals surface area contributed by atoms with E-state index in [1.165, 1.54) is 0 Å². The van der Waals surface area contributed by atoms with Gasteiger partial charge in [-0.15, -0.1) is 0 Å². The van der Waals surface area contributed by atoms with Crippen molar-refractivity contribution in [1.82, 2.24) is 15.5 Å². The summed E-state index contributed by atoms with van der Waals surface area (Å²) in [5.41, 5.74) is 1.05.